The molecule has 1 aliphatic heterocycles. The summed E-state index contributed by atoms with van der Waals surface area (Å²) in [4.78, 5) is 29.1. The van der Waals surface area contributed by atoms with Gasteiger partial charge in [0.05, 0.1) is 0 Å². The number of nitrogens with zero attached hydrogens (tertiary/aromatic N) is 2. The number of benzene rings is 2. The average Bonchev–Trinajstić information content (AvgIpc) is 3.47. The Morgan fingerprint density at radius 2 is 1.71 bits per heavy atom. The average molecular weight is 492 g/mol. The molecule has 5 rings (SSSR count). The van der Waals surface area contributed by atoms with Crippen LogP contribution < -0.4 is 5.32 Å². The van der Waals surface area contributed by atoms with Crippen molar-refractivity contribution in [3.8, 4) is 0 Å². The topological polar surface area (TPSA) is 54.3 Å². The van der Waals surface area contributed by atoms with Gasteiger partial charge in [0, 0.05) is 42.5 Å². The lowest BCUT2D eigenvalue weighted by Gasteiger charge is -2.31. The maximum atomic E-state index is 13.5. The van der Waals surface area contributed by atoms with Gasteiger partial charge in [0.2, 0.25) is 5.91 Å². The van der Waals surface area contributed by atoms with E-state index in [9.17, 15) is 9.59 Å². The van der Waals surface area contributed by atoms with Crippen molar-refractivity contribution in [3.63, 3.8) is 0 Å². The summed E-state index contributed by atoms with van der Waals surface area (Å²) in [6, 6.07) is 21.7. The first kappa shape index (κ1) is 22.7. The zero-order valence-electron chi connectivity index (χ0n) is 18.7. The number of thiophene rings is 1. The largest absolute Gasteiger partial charge is 0.352 e. The number of carbonyl (C=O) groups excluding carboxylic acids is 2. The standard InChI is InChI=1S/C27H26ClN3O2S/c28-23-8-6-20(7-9-23)18-31-24(16-22-12-15-34-27(22)31)26(33)30-13-10-21(11-14-30)25(32)29-17-19-4-2-1-3-5-19/h1-9,12,15-16,21H,10-11,13-14,17-18H2,(H,29,32). The molecule has 0 unspecified atom stereocenters. The predicted octanol–water partition coefficient (Wildman–Crippen LogP) is 5.57. The molecule has 174 valence electrons. The van der Waals surface area contributed by atoms with Gasteiger partial charge in [-0.15, -0.1) is 11.3 Å². The summed E-state index contributed by atoms with van der Waals surface area (Å²) >= 11 is 7.69. The molecule has 0 spiro atoms. The molecule has 34 heavy (non-hydrogen) atoms. The van der Waals surface area contributed by atoms with Crippen molar-refractivity contribution in [1.82, 2.24) is 14.8 Å². The summed E-state index contributed by atoms with van der Waals surface area (Å²) < 4.78 is 2.10. The highest BCUT2D eigenvalue weighted by molar-refractivity contribution is 7.16. The number of nitrogens with one attached hydrogen (secondary N) is 1. The number of carbonyl (C=O) groups is 2. The van der Waals surface area contributed by atoms with Crippen LogP contribution in [0.15, 0.2) is 72.1 Å². The fourth-order valence-corrected chi connectivity index (χ4v) is 5.54. The van der Waals surface area contributed by atoms with E-state index in [4.69, 9.17) is 11.6 Å². The second kappa shape index (κ2) is 10.0. The lowest BCUT2D eigenvalue weighted by atomic mass is 9.95. The lowest BCUT2D eigenvalue weighted by Crippen LogP contribution is -2.43. The van der Waals surface area contributed by atoms with E-state index in [0.29, 0.717) is 49.7 Å². The third-order valence-corrected chi connectivity index (χ3v) is 7.64. The highest BCUT2D eigenvalue weighted by Crippen LogP contribution is 2.28. The van der Waals surface area contributed by atoms with Gasteiger partial charge in [0.25, 0.3) is 5.91 Å². The fraction of sp³-hybridized carbons (Fsp3) is 0.259. The number of rotatable bonds is 6. The summed E-state index contributed by atoms with van der Waals surface area (Å²) in [7, 11) is 0. The maximum Gasteiger partial charge on any atom is 0.270 e. The first-order valence-electron chi connectivity index (χ1n) is 11.5. The Kier molecular flexibility index (Phi) is 6.70. The van der Waals surface area contributed by atoms with Crippen LogP contribution in [0.1, 0.15) is 34.5 Å². The molecule has 7 heteroatoms. The fourth-order valence-electron chi connectivity index (χ4n) is 4.52. The Balaban J connectivity index is 1.25. The van der Waals surface area contributed by atoms with Crippen LogP contribution in [-0.4, -0.2) is 34.4 Å². The van der Waals surface area contributed by atoms with E-state index in [1.54, 1.807) is 11.3 Å². The number of fused-ring (bicyclic) bond motifs is 1. The van der Waals surface area contributed by atoms with Gasteiger partial charge in [-0.3, -0.25) is 9.59 Å². The van der Waals surface area contributed by atoms with Crippen LogP contribution >= 0.6 is 22.9 Å². The maximum absolute atomic E-state index is 13.5. The SMILES string of the molecule is O=C(NCc1ccccc1)C1CCN(C(=O)c2cc3ccsc3n2Cc2ccc(Cl)cc2)CC1. The highest BCUT2D eigenvalue weighted by Gasteiger charge is 2.29. The molecule has 0 atom stereocenters. The molecule has 1 aliphatic rings. The Labute approximate surface area is 208 Å². The summed E-state index contributed by atoms with van der Waals surface area (Å²) in [5.41, 5.74) is 2.88. The molecule has 0 radical (unpaired) electrons. The quantitative estimate of drug-likeness (QED) is 0.383. The van der Waals surface area contributed by atoms with Crippen molar-refractivity contribution in [1.29, 1.82) is 0 Å². The molecule has 3 heterocycles. The number of likely N-dealkylation sites (tertiary alicyclic amines) is 1. The van der Waals surface area contributed by atoms with Gasteiger partial charge >= 0.3 is 0 Å². The highest BCUT2D eigenvalue weighted by atomic mass is 35.5. The molecular formula is C27H26ClN3O2S. The minimum atomic E-state index is -0.0582. The van der Waals surface area contributed by atoms with Crippen molar-refractivity contribution >= 4 is 45.0 Å². The molecule has 2 aromatic carbocycles. The first-order valence-corrected chi connectivity index (χ1v) is 12.8. The van der Waals surface area contributed by atoms with E-state index < -0.39 is 0 Å². The summed E-state index contributed by atoms with van der Waals surface area (Å²) in [6.07, 6.45) is 1.36. The lowest BCUT2D eigenvalue weighted by molar-refractivity contribution is -0.126. The summed E-state index contributed by atoms with van der Waals surface area (Å²) in [5, 5.41) is 6.88. The molecule has 2 amide bonds. The molecule has 1 N–H and O–H groups in total. The van der Waals surface area contributed by atoms with Crippen LogP contribution in [0.5, 0.6) is 0 Å². The van der Waals surface area contributed by atoms with Crippen LogP contribution in [0.25, 0.3) is 10.2 Å². The molecule has 2 aromatic heterocycles. The van der Waals surface area contributed by atoms with Gasteiger partial charge in [-0.05, 0) is 53.6 Å². The third kappa shape index (κ3) is 4.88. The molecule has 0 aliphatic carbocycles. The summed E-state index contributed by atoms with van der Waals surface area (Å²) in [5.74, 6) is 0.0418. The van der Waals surface area contributed by atoms with Gasteiger partial charge < -0.3 is 14.8 Å². The van der Waals surface area contributed by atoms with Crippen molar-refractivity contribution in [3.05, 3.63) is 94.0 Å². The van der Waals surface area contributed by atoms with Crippen molar-refractivity contribution in [2.75, 3.05) is 13.1 Å². The Morgan fingerprint density at radius 3 is 2.44 bits per heavy atom. The molecule has 5 nitrogen and oxygen atoms in total. The van der Waals surface area contributed by atoms with Gasteiger partial charge in [-0.1, -0.05) is 54.1 Å². The Morgan fingerprint density at radius 1 is 0.971 bits per heavy atom. The normalized spacial score (nSPS) is 14.4. The van der Waals surface area contributed by atoms with Crippen LogP contribution in [0.3, 0.4) is 0 Å². The molecule has 0 bridgehead atoms. The van der Waals surface area contributed by atoms with Crippen molar-refractivity contribution in [2.24, 2.45) is 5.92 Å². The molecule has 1 fully saturated rings. The second-order valence-electron chi connectivity index (χ2n) is 8.69. The van der Waals surface area contributed by atoms with E-state index in [2.05, 4.69) is 21.3 Å². The van der Waals surface area contributed by atoms with Crippen molar-refractivity contribution < 1.29 is 9.59 Å². The first-order chi connectivity index (χ1) is 16.6. The van der Waals surface area contributed by atoms with E-state index in [0.717, 1.165) is 21.3 Å². The summed E-state index contributed by atoms with van der Waals surface area (Å²) in [6.45, 7) is 2.32. The van der Waals surface area contributed by atoms with E-state index in [1.807, 2.05) is 65.6 Å². The van der Waals surface area contributed by atoms with Gasteiger partial charge in [-0.2, -0.15) is 0 Å². The molecular weight excluding hydrogens is 466 g/mol. The predicted molar refractivity (Wildman–Crippen MR) is 137 cm³/mol. The van der Waals surface area contributed by atoms with E-state index in [1.165, 1.54) is 0 Å². The van der Waals surface area contributed by atoms with Crippen LogP contribution in [0.4, 0.5) is 0 Å². The molecule has 4 aromatic rings. The zero-order valence-corrected chi connectivity index (χ0v) is 20.3. The monoisotopic (exact) mass is 491 g/mol. The minimum Gasteiger partial charge on any atom is -0.352 e. The smallest absolute Gasteiger partial charge is 0.270 e. The number of amides is 2. The minimum absolute atomic E-state index is 0.0282. The van der Waals surface area contributed by atoms with Crippen molar-refractivity contribution in [2.45, 2.75) is 25.9 Å². The Hall–Kier alpha value is -3.09. The van der Waals surface area contributed by atoms with Crippen LogP contribution in [0.2, 0.25) is 5.02 Å². The number of aromatic nitrogens is 1. The van der Waals surface area contributed by atoms with Gasteiger partial charge in [0.15, 0.2) is 0 Å². The van der Waals surface area contributed by atoms with Crippen LogP contribution in [0, 0.1) is 5.92 Å². The zero-order chi connectivity index (χ0) is 23.5. The van der Waals surface area contributed by atoms with Gasteiger partial charge in [0.1, 0.15) is 10.5 Å². The number of hydrogen-bond acceptors (Lipinski definition) is 3. The molecule has 0 saturated carbocycles. The number of hydrogen-bond donors (Lipinski definition) is 1. The van der Waals surface area contributed by atoms with E-state index in [-0.39, 0.29) is 17.7 Å². The number of halogens is 1. The Bertz CT molecular complexity index is 1290. The van der Waals surface area contributed by atoms with Gasteiger partial charge in [-0.25, -0.2) is 0 Å². The number of piperidine rings is 1. The molecule has 1 saturated heterocycles. The van der Waals surface area contributed by atoms with E-state index >= 15 is 0 Å². The second-order valence-corrected chi connectivity index (χ2v) is 10.0. The van der Waals surface area contributed by atoms with Crippen LogP contribution in [-0.2, 0) is 17.9 Å². The third-order valence-electron chi connectivity index (χ3n) is 6.44.